The smallest absolute Gasteiger partial charge is 0.235 e. The number of amidine groups is 1. The van der Waals surface area contributed by atoms with Crippen LogP contribution in [0.25, 0.3) is 16.7 Å². The highest BCUT2D eigenvalue weighted by atomic mass is 16.7. The predicted molar refractivity (Wildman–Crippen MR) is 132 cm³/mol. The molecular formula is C27H22N6O. The van der Waals surface area contributed by atoms with Gasteiger partial charge < -0.3 is 4.84 Å². The fraction of sp³-hybridized carbons (Fsp3) is 0.111. The second kappa shape index (κ2) is 8.12. The van der Waals surface area contributed by atoms with Crippen LogP contribution < -0.4 is 4.90 Å². The van der Waals surface area contributed by atoms with Gasteiger partial charge in [0.25, 0.3) is 0 Å². The number of pyridine rings is 1. The molecule has 0 fully saturated rings. The molecule has 0 N–H and O–H groups in total. The Hall–Kier alpha value is -4.52. The molecule has 6 rings (SSSR count). The van der Waals surface area contributed by atoms with Crippen LogP contribution in [0.5, 0.6) is 0 Å². The Morgan fingerprint density at radius 1 is 0.853 bits per heavy atom. The van der Waals surface area contributed by atoms with E-state index in [1.807, 2.05) is 24.3 Å². The molecule has 1 atom stereocenters. The first-order chi connectivity index (χ1) is 16.7. The molecule has 0 saturated heterocycles. The van der Waals surface area contributed by atoms with E-state index >= 15 is 0 Å². The second-order valence-corrected chi connectivity index (χ2v) is 8.38. The topological polar surface area (TPSA) is 68.4 Å². The summed E-state index contributed by atoms with van der Waals surface area (Å²) in [7, 11) is 0. The number of benzene rings is 3. The number of rotatable bonds is 4. The quantitative estimate of drug-likeness (QED) is 0.373. The Morgan fingerprint density at radius 2 is 1.65 bits per heavy atom. The predicted octanol–water partition coefficient (Wildman–Crippen LogP) is 5.33. The van der Waals surface area contributed by atoms with Gasteiger partial charge in [-0.1, -0.05) is 64.8 Å². The van der Waals surface area contributed by atoms with Crippen molar-refractivity contribution in [3.63, 3.8) is 0 Å². The summed E-state index contributed by atoms with van der Waals surface area (Å²) in [5.41, 5.74) is 6.02. The second-order valence-electron chi connectivity index (χ2n) is 8.38. The van der Waals surface area contributed by atoms with Gasteiger partial charge in [-0.3, -0.25) is 4.90 Å². The Morgan fingerprint density at radius 3 is 2.41 bits per heavy atom. The molecule has 0 saturated carbocycles. The van der Waals surface area contributed by atoms with Crippen molar-refractivity contribution >= 4 is 22.4 Å². The van der Waals surface area contributed by atoms with Crippen molar-refractivity contribution in [3.05, 3.63) is 114 Å². The van der Waals surface area contributed by atoms with Crippen LogP contribution in [-0.4, -0.2) is 25.6 Å². The molecular weight excluding hydrogens is 424 g/mol. The highest BCUT2D eigenvalue weighted by molar-refractivity contribution is 6.11. The summed E-state index contributed by atoms with van der Waals surface area (Å²) in [6, 6.07) is 26.7. The third-order valence-corrected chi connectivity index (χ3v) is 5.93. The fourth-order valence-electron chi connectivity index (χ4n) is 4.22. The van der Waals surface area contributed by atoms with Gasteiger partial charge in [0, 0.05) is 16.6 Å². The monoisotopic (exact) mass is 446 g/mol. The van der Waals surface area contributed by atoms with E-state index in [0.717, 1.165) is 39.1 Å². The molecule has 1 aliphatic rings. The molecule has 0 amide bonds. The average Bonchev–Trinajstić information content (AvgIpc) is 3.55. The molecule has 1 unspecified atom stereocenters. The molecule has 3 aromatic carbocycles. The summed E-state index contributed by atoms with van der Waals surface area (Å²) in [6.07, 6.45) is 2.62. The van der Waals surface area contributed by atoms with Crippen LogP contribution in [0.15, 0.2) is 96.7 Å². The van der Waals surface area contributed by atoms with Gasteiger partial charge in [0.2, 0.25) is 6.23 Å². The molecule has 3 heterocycles. The molecule has 166 valence electrons. The molecule has 2 aromatic heterocycles. The molecule has 0 bridgehead atoms. The Labute approximate surface area is 197 Å². The van der Waals surface area contributed by atoms with Gasteiger partial charge in [0.15, 0.2) is 11.7 Å². The lowest BCUT2D eigenvalue weighted by Gasteiger charge is -2.27. The SMILES string of the molecule is Cc1ccc(C2=NOC(c3cc4cc(C)ccc4nc3-n3cncn3)N2c2ccccc2)cc1. The first-order valence-corrected chi connectivity index (χ1v) is 11.1. The van der Waals surface area contributed by atoms with E-state index in [-0.39, 0.29) is 0 Å². The van der Waals surface area contributed by atoms with E-state index in [0.29, 0.717) is 5.82 Å². The molecule has 0 aliphatic carbocycles. The summed E-state index contributed by atoms with van der Waals surface area (Å²) in [5.74, 6) is 1.39. The van der Waals surface area contributed by atoms with E-state index in [1.165, 1.54) is 11.9 Å². The van der Waals surface area contributed by atoms with Crippen molar-refractivity contribution in [2.75, 3.05) is 4.90 Å². The average molecular weight is 447 g/mol. The van der Waals surface area contributed by atoms with Crippen LogP contribution in [0.1, 0.15) is 28.5 Å². The lowest BCUT2D eigenvalue weighted by atomic mass is 10.1. The lowest BCUT2D eigenvalue weighted by molar-refractivity contribution is 0.0865. The Bertz CT molecular complexity index is 1490. The van der Waals surface area contributed by atoms with E-state index in [4.69, 9.17) is 9.82 Å². The van der Waals surface area contributed by atoms with Crippen molar-refractivity contribution in [1.29, 1.82) is 0 Å². The van der Waals surface area contributed by atoms with Crippen LogP contribution in [0, 0.1) is 13.8 Å². The summed E-state index contributed by atoms with van der Waals surface area (Å²) >= 11 is 0. The Balaban J connectivity index is 1.55. The minimum Gasteiger partial charge on any atom is -0.363 e. The maximum atomic E-state index is 6.13. The number of aromatic nitrogens is 4. The maximum Gasteiger partial charge on any atom is 0.235 e. The highest BCUT2D eigenvalue weighted by Crippen LogP contribution is 2.38. The van der Waals surface area contributed by atoms with Gasteiger partial charge in [-0.05, 0) is 44.2 Å². The molecule has 0 spiro atoms. The first kappa shape index (κ1) is 20.1. The van der Waals surface area contributed by atoms with Crippen LogP contribution >= 0.6 is 0 Å². The number of hydrogen-bond donors (Lipinski definition) is 0. The van der Waals surface area contributed by atoms with Crippen molar-refractivity contribution in [3.8, 4) is 5.82 Å². The normalized spacial score (nSPS) is 15.4. The number of anilines is 1. The number of oxime groups is 1. The maximum absolute atomic E-state index is 6.13. The number of fused-ring (bicyclic) bond motifs is 1. The van der Waals surface area contributed by atoms with Gasteiger partial charge >= 0.3 is 0 Å². The van der Waals surface area contributed by atoms with Crippen LogP contribution in [0.2, 0.25) is 0 Å². The molecule has 1 aliphatic heterocycles. The minimum atomic E-state index is -0.532. The van der Waals surface area contributed by atoms with Crippen molar-refractivity contribution in [2.45, 2.75) is 20.1 Å². The zero-order valence-corrected chi connectivity index (χ0v) is 18.8. The van der Waals surface area contributed by atoms with Crippen molar-refractivity contribution < 1.29 is 4.84 Å². The number of para-hydroxylation sites is 1. The van der Waals surface area contributed by atoms with E-state index in [1.54, 1.807) is 11.0 Å². The Kier molecular flexibility index (Phi) is 4.80. The highest BCUT2D eigenvalue weighted by Gasteiger charge is 2.36. The molecule has 5 aromatic rings. The number of aryl methyl sites for hydroxylation is 2. The van der Waals surface area contributed by atoms with Crippen LogP contribution in [0.4, 0.5) is 5.69 Å². The van der Waals surface area contributed by atoms with Gasteiger partial charge in [-0.25, -0.2) is 14.6 Å². The van der Waals surface area contributed by atoms with Gasteiger partial charge in [-0.15, -0.1) is 0 Å². The number of nitrogens with zero attached hydrogens (tertiary/aromatic N) is 6. The summed E-state index contributed by atoms with van der Waals surface area (Å²) in [5, 5.41) is 9.93. The minimum absolute atomic E-state index is 0.532. The standard InChI is InChI=1S/C27H22N6O/c1-18-8-11-20(12-9-18)25-31-34-27(33(25)22-6-4-3-5-7-22)23-15-21-14-19(2)10-13-24(21)30-26(23)32-17-28-16-29-32/h3-17,27H,1-2H3. The summed E-state index contributed by atoms with van der Waals surface area (Å²) < 4.78 is 1.67. The summed E-state index contributed by atoms with van der Waals surface area (Å²) in [6.45, 7) is 4.15. The lowest BCUT2D eigenvalue weighted by Crippen LogP contribution is -2.32. The third kappa shape index (κ3) is 3.47. The fourth-order valence-corrected chi connectivity index (χ4v) is 4.22. The van der Waals surface area contributed by atoms with Crippen LogP contribution in [0.3, 0.4) is 0 Å². The van der Waals surface area contributed by atoms with Crippen molar-refractivity contribution in [2.24, 2.45) is 5.16 Å². The molecule has 7 nitrogen and oxygen atoms in total. The molecule has 7 heteroatoms. The van der Waals surface area contributed by atoms with E-state index < -0.39 is 6.23 Å². The summed E-state index contributed by atoms with van der Waals surface area (Å²) in [4.78, 5) is 17.3. The van der Waals surface area contributed by atoms with E-state index in [9.17, 15) is 0 Å². The van der Waals surface area contributed by atoms with E-state index in [2.05, 4.69) is 88.6 Å². The molecule has 34 heavy (non-hydrogen) atoms. The molecule has 0 radical (unpaired) electrons. The first-order valence-electron chi connectivity index (χ1n) is 11.1. The van der Waals surface area contributed by atoms with Gasteiger partial charge in [0.05, 0.1) is 11.1 Å². The van der Waals surface area contributed by atoms with Crippen molar-refractivity contribution in [1.82, 2.24) is 19.7 Å². The zero-order valence-electron chi connectivity index (χ0n) is 18.8. The zero-order chi connectivity index (χ0) is 23.1. The largest absolute Gasteiger partial charge is 0.363 e. The van der Waals surface area contributed by atoms with Gasteiger partial charge in [0.1, 0.15) is 12.7 Å². The third-order valence-electron chi connectivity index (χ3n) is 5.93. The van der Waals surface area contributed by atoms with Gasteiger partial charge in [-0.2, -0.15) is 5.10 Å². The van der Waals surface area contributed by atoms with Crippen LogP contribution in [-0.2, 0) is 4.84 Å². The number of hydrogen-bond acceptors (Lipinski definition) is 6.